The number of anilines is 1. The summed E-state index contributed by atoms with van der Waals surface area (Å²) in [4.78, 5) is 17.3. The van der Waals surface area contributed by atoms with E-state index in [0.717, 1.165) is 13.0 Å². The zero-order valence-electron chi connectivity index (χ0n) is 8.19. The maximum atomic E-state index is 11.2. The van der Waals surface area contributed by atoms with Crippen molar-refractivity contribution >= 4 is 11.8 Å². The minimum Gasteiger partial charge on any atom is -0.324 e. The molecule has 76 valence electrons. The molecule has 1 fully saturated rings. The summed E-state index contributed by atoms with van der Waals surface area (Å²) < 4.78 is 5.05. The Kier molecular flexibility index (Phi) is 2.47. The Bertz CT molecular complexity index is 335. The third-order valence-electron chi connectivity index (χ3n) is 2.33. The Morgan fingerprint density at radius 2 is 2.21 bits per heavy atom. The molecule has 0 amide bonds. The lowest BCUT2D eigenvalue weighted by Crippen LogP contribution is -2.24. The van der Waals surface area contributed by atoms with E-state index >= 15 is 0 Å². The first-order valence-corrected chi connectivity index (χ1v) is 4.82. The Labute approximate surface area is 82.1 Å². The summed E-state index contributed by atoms with van der Waals surface area (Å²) in [7, 11) is 0. The molecule has 1 aliphatic heterocycles. The van der Waals surface area contributed by atoms with E-state index in [1.54, 1.807) is 6.92 Å². The van der Waals surface area contributed by atoms with Gasteiger partial charge >= 0.3 is 6.01 Å². The molecular formula is C9H13N3O2. The van der Waals surface area contributed by atoms with Crippen LogP contribution < -0.4 is 4.90 Å². The summed E-state index contributed by atoms with van der Waals surface area (Å²) in [5.41, 5.74) is 0. The number of Topliss-reactive ketones (excluding diaryl/α,β-unsaturated/α-hetero) is 1. The Hall–Kier alpha value is -1.39. The molecule has 1 aromatic rings. The molecule has 5 heteroatoms. The number of nitrogens with zero attached hydrogens (tertiary/aromatic N) is 3. The fourth-order valence-electron chi connectivity index (χ4n) is 1.57. The van der Waals surface area contributed by atoms with Gasteiger partial charge in [0.05, 0.1) is 0 Å². The second-order valence-electron chi connectivity index (χ2n) is 3.50. The van der Waals surface area contributed by atoms with Crippen LogP contribution in [-0.4, -0.2) is 29.0 Å². The van der Waals surface area contributed by atoms with E-state index in [9.17, 15) is 4.79 Å². The van der Waals surface area contributed by atoms with Crippen molar-refractivity contribution in [3.05, 3.63) is 5.82 Å². The predicted molar refractivity (Wildman–Crippen MR) is 50.1 cm³/mol. The van der Waals surface area contributed by atoms with Crippen molar-refractivity contribution in [3.63, 3.8) is 0 Å². The lowest BCUT2D eigenvalue weighted by Gasteiger charge is -2.15. The smallest absolute Gasteiger partial charge is 0.324 e. The van der Waals surface area contributed by atoms with Gasteiger partial charge in [0, 0.05) is 25.9 Å². The van der Waals surface area contributed by atoms with Gasteiger partial charge in [0.2, 0.25) is 0 Å². The van der Waals surface area contributed by atoms with E-state index in [2.05, 4.69) is 10.1 Å². The highest BCUT2D eigenvalue weighted by Gasteiger charge is 2.18. The van der Waals surface area contributed by atoms with Gasteiger partial charge in [-0.15, -0.1) is 0 Å². The van der Waals surface area contributed by atoms with E-state index in [-0.39, 0.29) is 0 Å². The number of hydrogen-bond donors (Lipinski definition) is 0. The van der Waals surface area contributed by atoms with Crippen molar-refractivity contribution < 1.29 is 9.32 Å². The van der Waals surface area contributed by atoms with Crippen LogP contribution in [0.4, 0.5) is 6.01 Å². The molecule has 0 aliphatic carbocycles. The van der Waals surface area contributed by atoms with E-state index < -0.39 is 0 Å². The standard InChI is InChI=1S/C9H13N3O2/c1-7-10-9(14-11-7)12-5-2-3-8(13)4-6-12/h2-6H2,1H3. The minimum absolute atomic E-state index is 0.323. The van der Waals surface area contributed by atoms with Crippen LogP contribution in [0.25, 0.3) is 0 Å². The number of carbonyl (C=O) groups is 1. The minimum atomic E-state index is 0.323. The molecule has 1 saturated heterocycles. The molecule has 14 heavy (non-hydrogen) atoms. The summed E-state index contributed by atoms with van der Waals surface area (Å²) >= 11 is 0. The summed E-state index contributed by atoms with van der Waals surface area (Å²) in [6.07, 6.45) is 2.13. The molecule has 0 radical (unpaired) electrons. The van der Waals surface area contributed by atoms with Crippen LogP contribution in [0.15, 0.2) is 4.52 Å². The molecule has 2 rings (SSSR count). The third-order valence-corrected chi connectivity index (χ3v) is 2.33. The first kappa shape index (κ1) is 9.18. The summed E-state index contributed by atoms with van der Waals surface area (Å²) in [5, 5.41) is 3.73. The molecule has 0 saturated carbocycles. The van der Waals surface area contributed by atoms with Crippen molar-refractivity contribution in [3.8, 4) is 0 Å². The maximum absolute atomic E-state index is 11.2. The van der Waals surface area contributed by atoms with Gasteiger partial charge in [-0.05, 0) is 13.3 Å². The summed E-state index contributed by atoms with van der Waals surface area (Å²) in [5.74, 6) is 0.958. The molecule has 0 spiro atoms. The molecule has 0 aromatic carbocycles. The quantitative estimate of drug-likeness (QED) is 0.667. The highest BCUT2D eigenvalue weighted by atomic mass is 16.5. The maximum Gasteiger partial charge on any atom is 0.324 e. The van der Waals surface area contributed by atoms with Crippen LogP contribution >= 0.6 is 0 Å². The van der Waals surface area contributed by atoms with E-state index in [0.29, 0.717) is 37.0 Å². The van der Waals surface area contributed by atoms with E-state index in [1.165, 1.54) is 0 Å². The van der Waals surface area contributed by atoms with Crippen molar-refractivity contribution in [2.24, 2.45) is 0 Å². The molecule has 1 aliphatic rings. The third kappa shape index (κ3) is 1.92. The van der Waals surface area contributed by atoms with Gasteiger partial charge in [-0.3, -0.25) is 4.79 Å². The van der Waals surface area contributed by atoms with Crippen LogP contribution in [-0.2, 0) is 4.79 Å². The molecule has 5 nitrogen and oxygen atoms in total. The Balaban J connectivity index is 2.07. The van der Waals surface area contributed by atoms with E-state index in [4.69, 9.17) is 4.52 Å². The zero-order valence-corrected chi connectivity index (χ0v) is 8.19. The number of ketones is 1. The molecular weight excluding hydrogens is 182 g/mol. The van der Waals surface area contributed by atoms with Crippen molar-refractivity contribution in [2.75, 3.05) is 18.0 Å². The highest BCUT2D eigenvalue weighted by molar-refractivity contribution is 5.79. The van der Waals surface area contributed by atoms with Gasteiger partial charge in [-0.2, -0.15) is 4.98 Å². The van der Waals surface area contributed by atoms with E-state index in [1.807, 2.05) is 4.90 Å². The monoisotopic (exact) mass is 195 g/mol. The zero-order chi connectivity index (χ0) is 9.97. The van der Waals surface area contributed by atoms with Crippen LogP contribution in [0.1, 0.15) is 25.1 Å². The first-order valence-electron chi connectivity index (χ1n) is 4.82. The molecule has 0 bridgehead atoms. The van der Waals surface area contributed by atoms with Gasteiger partial charge in [0.15, 0.2) is 5.82 Å². The second-order valence-corrected chi connectivity index (χ2v) is 3.50. The number of hydrogen-bond acceptors (Lipinski definition) is 5. The fourth-order valence-corrected chi connectivity index (χ4v) is 1.57. The molecule has 0 N–H and O–H groups in total. The average molecular weight is 195 g/mol. The predicted octanol–water partition coefficient (Wildman–Crippen LogP) is 0.937. The number of aryl methyl sites for hydroxylation is 1. The molecule has 2 heterocycles. The number of rotatable bonds is 1. The van der Waals surface area contributed by atoms with Crippen LogP contribution in [0.2, 0.25) is 0 Å². The second kappa shape index (κ2) is 3.77. The van der Waals surface area contributed by atoms with Crippen LogP contribution in [0.5, 0.6) is 0 Å². The number of aromatic nitrogens is 2. The summed E-state index contributed by atoms with van der Waals surface area (Å²) in [6.45, 7) is 3.31. The van der Waals surface area contributed by atoms with Crippen molar-refractivity contribution in [1.82, 2.24) is 10.1 Å². The number of carbonyl (C=O) groups excluding carboxylic acids is 1. The Morgan fingerprint density at radius 1 is 1.36 bits per heavy atom. The van der Waals surface area contributed by atoms with Gasteiger partial charge in [-0.1, -0.05) is 5.16 Å². The average Bonchev–Trinajstić information content (AvgIpc) is 2.46. The van der Waals surface area contributed by atoms with Gasteiger partial charge < -0.3 is 9.42 Å². The largest absolute Gasteiger partial charge is 0.324 e. The Morgan fingerprint density at radius 3 is 2.93 bits per heavy atom. The van der Waals surface area contributed by atoms with Gasteiger partial charge in [0.25, 0.3) is 0 Å². The SMILES string of the molecule is Cc1noc(N2CCCC(=O)CC2)n1. The first-order chi connectivity index (χ1) is 6.75. The topological polar surface area (TPSA) is 59.2 Å². The van der Waals surface area contributed by atoms with Gasteiger partial charge in [0.1, 0.15) is 5.78 Å². The van der Waals surface area contributed by atoms with Gasteiger partial charge in [-0.25, -0.2) is 0 Å². The van der Waals surface area contributed by atoms with Crippen molar-refractivity contribution in [1.29, 1.82) is 0 Å². The molecule has 0 atom stereocenters. The lowest BCUT2D eigenvalue weighted by molar-refractivity contribution is -0.118. The molecule has 1 aromatic heterocycles. The molecule has 0 unspecified atom stereocenters. The van der Waals surface area contributed by atoms with Crippen molar-refractivity contribution in [2.45, 2.75) is 26.2 Å². The lowest BCUT2D eigenvalue weighted by atomic mass is 10.2. The fraction of sp³-hybridized carbons (Fsp3) is 0.667. The van der Waals surface area contributed by atoms with Crippen LogP contribution in [0.3, 0.4) is 0 Å². The summed E-state index contributed by atoms with van der Waals surface area (Å²) in [6, 6.07) is 0.539. The van der Waals surface area contributed by atoms with Crippen LogP contribution in [0, 0.1) is 6.92 Å². The normalized spacial score (nSPS) is 18.4. The highest BCUT2D eigenvalue weighted by Crippen LogP contribution is 2.15.